The van der Waals surface area contributed by atoms with Crippen LogP contribution in [0.3, 0.4) is 0 Å². The molecule has 0 saturated heterocycles. The number of unbranched alkanes of at least 4 members (excludes halogenated alkanes) is 51. The smallest absolute Gasteiger partial charge is 0.306 e. The summed E-state index contributed by atoms with van der Waals surface area (Å²) in [6, 6.07) is 0. The Morgan fingerprint density at radius 2 is 0.444 bits per heavy atom. The number of rotatable bonds is 68. The maximum atomic E-state index is 12.9. The van der Waals surface area contributed by atoms with Gasteiger partial charge in [0.2, 0.25) is 0 Å². The second-order valence-corrected chi connectivity index (χ2v) is 24.9. The summed E-state index contributed by atoms with van der Waals surface area (Å²) in [5.74, 6) is -0.841. The Morgan fingerprint density at radius 3 is 0.691 bits per heavy atom. The van der Waals surface area contributed by atoms with Gasteiger partial charge in [0, 0.05) is 19.3 Å². The Bertz CT molecular complexity index is 1350. The van der Waals surface area contributed by atoms with Gasteiger partial charge in [0.05, 0.1) is 0 Å². The first-order valence-corrected chi connectivity index (χ1v) is 36.5. The van der Waals surface area contributed by atoms with Crippen LogP contribution in [0.4, 0.5) is 0 Å². The first-order valence-electron chi connectivity index (χ1n) is 36.5. The Morgan fingerprint density at radius 1 is 0.247 bits per heavy atom. The monoisotopic (exact) mass is 1140 g/mol. The third kappa shape index (κ3) is 68.3. The van der Waals surface area contributed by atoms with Crippen LogP contribution in [0.15, 0.2) is 36.5 Å². The van der Waals surface area contributed by atoms with E-state index < -0.39 is 6.10 Å². The highest BCUT2D eigenvalue weighted by atomic mass is 16.6. The van der Waals surface area contributed by atoms with Gasteiger partial charge in [0.1, 0.15) is 13.2 Å². The highest BCUT2D eigenvalue weighted by molar-refractivity contribution is 5.71. The molecule has 0 fully saturated rings. The van der Waals surface area contributed by atoms with Gasteiger partial charge in [0.25, 0.3) is 0 Å². The summed E-state index contributed by atoms with van der Waals surface area (Å²) in [6.07, 6.45) is 87.7. The molecule has 476 valence electrons. The van der Waals surface area contributed by atoms with E-state index in [1.807, 2.05) is 0 Å². The molecule has 0 radical (unpaired) electrons. The summed E-state index contributed by atoms with van der Waals surface area (Å²) in [7, 11) is 0. The van der Waals surface area contributed by atoms with Gasteiger partial charge in [-0.25, -0.2) is 0 Å². The van der Waals surface area contributed by atoms with Crippen LogP contribution >= 0.6 is 0 Å². The van der Waals surface area contributed by atoms with Gasteiger partial charge in [0.15, 0.2) is 6.10 Å². The second kappa shape index (κ2) is 70.1. The zero-order valence-corrected chi connectivity index (χ0v) is 54.8. The fourth-order valence-electron chi connectivity index (χ4n) is 11.1. The van der Waals surface area contributed by atoms with Gasteiger partial charge in [-0.2, -0.15) is 0 Å². The van der Waals surface area contributed by atoms with E-state index in [1.54, 1.807) is 0 Å². The molecule has 0 rings (SSSR count). The van der Waals surface area contributed by atoms with E-state index in [-0.39, 0.29) is 31.1 Å². The number of allylic oxidation sites excluding steroid dienone is 6. The van der Waals surface area contributed by atoms with Crippen molar-refractivity contribution < 1.29 is 28.6 Å². The summed E-state index contributed by atoms with van der Waals surface area (Å²) in [5, 5.41) is 0. The van der Waals surface area contributed by atoms with Crippen LogP contribution in [0.5, 0.6) is 0 Å². The molecule has 1 unspecified atom stereocenters. The molecule has 1 atom stereocenters. The first kappa shape index (κ1) is 78.6. The molecular weight excluding hydrogens is 997 g/mol. The lowest BCUT2D eigenvalue weighted by Crippen LogP contribution is -2.30. The minimum atomic E-state index is -0.768. The lowest BCUT2D eigenvalue weighted by molar-refractivity contribution is -0.167. The number of ether oxygens (including phenoxy) is 3. The molecule has 0 aromatic rings. The number of hydrogen-bond acceptors (Lipinski definition) is 6. The van der Waals surface area contributed by atoms with Crippen molar-refractivity contribution in [3.63, 3.8) is 0 Å². The van der Waals surface area contributed by atoms with E-state index in [0.29, 0.717) is 19.3 Å². The Balaban J connectivity index is 4.06. The van der Waals surface area contributed by atoms with Gasteiger partial charge < -0.3 is 14.2 Å². The van der Waals surface area contributed by atoms with Gasteiger partial charge in [-0.15, -0.1) is 0 Å². The molecule has 0 saturated carbocycles. The van der Waals surface area contributed by atoms with Crippen LogP contribution in [0.2, 0.25) is 0 Å². The van der Waals surface area contributed by atoms with Crippen molar-refractivity contribution in [2.24, 2.45) is 0 Å². The summed E-state index contributed by atoms with van der Waals surface area (Å²) < 4.78 is 17.0. The van der Waals surface area contributed by atoms with Gasteiger partial charge in [-0.1, -0.05) is 346 Å². The molecular formula is C75H140O6. The predicted molar refractivity (Wildman–Crippen MR) is 353 cm³/mol. The normalized spacial score (nSPS) is 12.2. The average molecular weight is 1140 g/mol. The maximum Gasteiger partial charge on any atom is 0.306 e. The minimum Gasteiger partial charge on any atom is -0.462 e. The molecule has 6 nitrogen and oxygen atoms in total. The average Bonchev–Trinajstić information content (AvgIpc) is 3.47. The molecule has 0 aliphatic heterocycles. The number of carbonyl (C=O) groups is 3. The van der Waals surface area contributed by atoms with Crippen molar-refractivity contribution in [3.8, 4) is 0 Å². The SMILES string of the molecule is CCCCCCC/C=C\C/C=C\CCCCCCCCCCCCCCCCCCCCCC(=O)OCC(COC(=O)CCCCCCCCCCC)OC(=O)CCCCCCCCCCCCC/C=C\CCCCCCCCCC. The van der Waals surface area contributed by atoms with Crippen molar-refractivity contribution in [2.45, 2.75) is 412 Å². The molecule has 0 aromatic carbocycles. The van der Waals surface area contributed by atoms with E-state index in [9.17, 15) is 14.4 Å². The van der Waals surface area contributed by atoms with Crippen molar-refractivity contribution in [2.75, 3.05) is 13.2 Å². The van der Waals surface area contributed by atoms with E-state index in [2.05, 4.69) is 57.2 Å². The maximum absolute atomic E-state index is 12.9. The van der Waals surface area contributed by atoms with E-state index in [0.717, 1.165) is 64.2 Å². The van der Waals surface area contributed by atoms with Gasteiger partial charge in [-0.3, -0.25) is 14.4 Å². The fraction of sp³-hybridized carbons (Fsp3) is 0.880. The summed E-state index contributed by atoms with van der Waals surface area (Å²) >= 11 is 0. The standard InChI is InChI=1S/C75H140O6/c1-4-7-10-13-16-19-21-23-25-27-29-31-33-34-35-36-37-38-39-40-42-43-45-47-49-51-53-56-59-62-65-68-74(77)80-71-72(70-79-73(76)67-64-61-58-55-18-15-12-9-6-3)81-75(78)69-66-63-60-57-54-52-50-48-46-44-41-32-30-28-26-24-22-20-17-14-11-8-5-2/h21,23,27-30,72H,4-20,22,24-26,31-71H2,1-3H3/b23-21-,29-27-,30-28-. The van der Waals surface area contributed by atoms with Crippen molar-refractivity contribution in [1.29, 1.82) is 0 Å². The van der Waals surface area contributed by atoms with Crippen LogP contribution < -0.4 is 0 Å². The molecule has 0 N–H and O–H groups in total. The molecule has 0 aliphatic carbocycles. The molecule has 0 bridgehead atoms. The van der Waals surface area contributed by atoms with Crippen LogP contribution in [0, 0.1) is 0 Å². The highest BCUT2D eigenvalue weighted by Crippen LogP contribution is 2.19. The Hall–Kier alpha value is -2.37. The zero-order chi connectivity index (χ0) is 58.5. The number of hydrogen-bond donors (Lipinski definition) is 0. The molecule has 0 aromatic heterocycles. The summed E-state index contributed by atoms with van der Waals surface area (Å²) in [6.45, 7) is 6.68. The molecule has 0 aliphatic rings. The molecule has 6 heteroatoms. The molecule has 81 heavy (non-hydrogen) atoms. The Kier molecular flexibility index (Phi) is 68.1. The van der Waals surface area contributed by atoms with Crippen LogP contribution in [-0.4, -0.2) is 37.2 Å². The minimum absolute atomic E-state index is 0.0663. The fourth-order valence-corrected chi connectivity index (χ4v) is 11.1. The summed E-state index contributed by atoms with van der Waals surface area (Å²) in [5.41, 5.74) is 0. The van der Waals surface area contributed by atoms with Crippen molar-refractivity contribution in [3.05, 3.63) is 36.5 Å². The van der Waals surface area contributed by atoms with Gasteiger partial charge in [-0.05, 0) is 77.0 Å². The van der Waals surface area contributed by atoms with Crippen molar-refractivity contribution >= 4 is 17.9 Å². The van der Waals surface area contributed by atoms with Crippen LogP contribution in [-0.2, 0) is 28.6 Å². The predicted octanol–water partition coefficient (Wildman–Crippen LogP) is 25.1. The lowest BCUT2D eigenvalue weighted by Gasteiger charge is -2.18. The number of esters is 3. The topological polar surface area (TPSA) is 78.9 Å². The van der Waals surface area contributed by atoms with Crippen molar-refractivity contribution in [1.82, 2.24) is 0 Å². The van der Waals surface area contributed by atoms with E-state index in [4.69, 9.17) is 14.2 Å². The zero-order valence-electron chi connectivity index (χ0n) is 54.8. The third-order valence-electron chi connectivity index (χ3n) is 16.6. The van der Waals surface area contributed by atoms with Crippen LogP contribution in [0.1, 0.15) is 406 Å². The first-order chi connectivity index (χ1) is 40.0. The molecule has 0 amide bonds. The number of carbonyl (C=O) groups excluding carboxylic acids is 3. The third-order valence-corrected chi connectivity index (χ3v) is 16.6. The largest absolute Gasteiger partial charge is 0.462 e. The quantitative estimate of drug-likeness (QED) is 0.0261. The lowest BCUT2D eigenvalue weighted by atomic mass is 10.0. The Labute approximate surface area is 506 Å². The highest BCUT2D eigenvalue weighted by Gasteiger charge is 2.19. The van der Waals surface area contributed by atoms with E-state index in [1.165, 1.54) is 302 Å². The molecule has 0 spiro atoms. The van der Waals surface area contributed by atoms with Gasteiger partial charge >= 0.3 is 17.9 Å². The summed E-state index contributed by atoms with van der Waals surface area (Å²) in [4.78, 5) is 38.3. The van der Waals surface area contributed by atoms with E-state index >= 15 is 0 Å². The second-order valence-electron chi connectivity index (χ2n) is 24.9. The van der Waals surface area contributed by atoms with Crippen LogP contribution in [0.25, 0.3) is 0 Å². The molecule has 0 heterocycles.